The van der Waals surface area contributed by atoms with E-state index in [1.54, 1.807) is 0 Å². The second kappa shape index (κ2) is 6.44. The van der Waals surface area contributed by atoms with E-state index in [1.165, 1.54) is 6.92 Å². The van der Waals surface area contributed by atoms with Crippen molar-refractivity contribution in [2.24, 2.45) is 11.7 Å². The third-order valence-corrected chi connectivity index (χ3v) is 2.50. The van der Waals surface area contributed by atoms with Gasteiger partial charge in [-0.15, -0.1) is 0 Å². The highest BCUT2D eigenvalue weighted by molar-refractivity contribution is 8.14. The van der Waals surface area contributed by atoms with Crippen molar-refractivity contribution >= 4 is 28.6 Å². The van der Waals surface area contributed by atoms with Crippen molar-refractivity contribution in [2.75, 3.05) is 5.75 Å². The largest absolute Gasteiger partial charge is 0.379 e. The molecule has 1 atom stereocenters. The summed E-state index contributed by atoms with van der Waals surface area (Å²) in [5, 5.41) is 9.44. The Labute approximate surface area is 93.7 Å². The van der Waals surface area contributed by atoms with Crippen LogP contribution in [-0.2, 0) is 9.59 Å². The third kappa shape index (κ3) is 6.11. The van der Waals surface area contributed by atoms with Crippen LogP contribution in [0.25, 0.3) is 0 Å². The van der Waals surface area contributed by atoms with Gasteiger partial charge in [0.2, 0.25) is 5.91 Å². The van der Waals surface area contributed by atoms with E-state index in [0.717, 1.165) is 11.8 Å². The number of nitrogens with one attached hydrogen (secondary N) is 2. The van der Waals surface area contributed by atoms with Crippen LogP contribution >= 0.6 is 11.8 Å². The second-order valence-corrected chi connectivity index (χ2v) is 4.57. The molecule has 5 nitrogen and oxygen atoms in total. The molecule has 86 valence electrons. The molecule has 15 heavy (non-hydrogen) atoms. The maximum absolute atomic E-state index is 11.3. The number of amides is 1. The van der Waals surface area contributed by atoms with E-state index in [2.05, 4.69) is 5.32 Å². The molecule has 0 aromatic carbocycles. The average molecular weight is 231 g/mol. The highest BCUT2D eigenvalue weighted by Crippen LogP contribution is 2.04. The van der Waals surface area contributed by atoms with E-state index >= 15 is 0 Å². The predicted octanol–water partition coefficient (Wildman–Crippen LogP) is 0.343. The van der Waals surface area contributed by atoms with Gasteiger partial charge in [0.1, 0.15) is 0 Å². The Balaban J connectivity index is 4.12. The molecule has 0 saturated carbocycles. The minimum atomic E-state index is -0.454. The number of carbonyl (C=O) groups is 2. The molecule has 0 aromatic rings. The summed E-state index contributed by atoms with van der Waals surface area (Å²) < 4.78 is 0. The Bertz CT molecular complexity index is 266. The smallest absolute Gasteiger partial charge is 0.231 e. The quantitative estimate of drug-likeness (QED) is 0.469. The van der Waals surface area contributed by atoms with Gasteiger partial charge in [0.25, 0.3) is 0 Å². The van der Waals surface area contributed by atoms with Crippen LogP contribution in [0.15, 0.2) is 0 Å². The van der Waals surface area contributed by atoms with Crippen molar-refractivity contribution in [3.05, 3.63) is 0 Å². The van der Waals surface area contributed by atoms with Crippen LogP contribution in [0.2, 0.25) is 0 Å². The highest BCUT2D eigenvalue weighted by Gasteiger charge is 2.20. The van der Waals surface area contributed by atoms with Gasteiger partial charge >= 0.3 is 0 Å². The van der Waals surface area contributed by atoms with E-state index in [9.17, 15) is 9.59 Å². The van der Waals surface area contributed by atoms with Gasteiger partial charge in [-0.2, -0.15) is 0 Å². The molecule has 1 amide bonds. The predicted molar refractivity (Wildman–Crippen MR) is 61.8 cm³/mol. The zero-order valence-electron chi connectivity index (χ0n) is 9.16. The Hall–Kier alpha value is -1.04. The minimum absolute atomic E-state index is 0.0637. The SMILES string of the molecule is CC(=O)C(NC(=O)CSC(=N)N)C(C)C. The number of hydrogen-bond acceptors (Lipinski definition) is 4. The number of amidine groups is 1. The molecular formula is C9H17N3O2S. The van der Waals surface area contributed by atoms with E-state index in [4.69, 9.17) is 11.1 Å². The van der Waals surface area contributed by atoms with Crippen molar-refractivity contribution < 1.29 is 9.59 Å². The van der Waals surface area contributed by atoms with Crippen LogP contribution in [-0.4, -0.2) is 28.7 Å². The molecule has 0 saturated heterocycles. The normalized spacial score (nSPS) is 12.3. The van der Waals surface area contributed by atoms with Gasteiger partial charge in [-0.3, -0.25) is 15.0 Å². The average Bonchev–Trinajstić information content (AvgIpc) is 2.09. The van der Waals surface area contributed by atoms with Crippen molar-refractivity contribution in [3.63, 3.8) is 0 Å². The van der Waals surface area contributed by atoms with Gasteiger partial charge in [-0.25, -0.2) is 0 Å². The van der Waals surface area contributed by atoms with Crippen LogP contribution in [0.5, 0.6) is 0 Å². The van der Waals surface area contributed by atoms with Crippen molar-refractivity contribution in [3.8, 4) is 0 Å². The zero-order chi connectivity index (χ0) is 12.0. The summed E-state index contributed by atoms with van der Waals surface area (Å²) in [5.41, 5.74) is 5.09. The summed E-state index contributed by atoms with van der Waals surface area (Å²) in [7, 11) is 0. The molecule has 6 heteroatoms. The topological polar surface area (TPSA) is 96.0 Å². The number of rotatable bonds is 5. The Morgan fingerprint density at radius 1 is 1.47 bits per heavy atom. The lowest BCUT2D eigenvalue weighted by molar-refractivity contribution is -0.126. The van der Waals surface area contributed by atoms with Crippen LogP contribution in [0, 0.1) is 11.3 Å². The van der Waals surface area contributed by atoms with Crippen molar-refractivity contribution in [1.29, 1.82) is 5.41 Å². The molecular weight excluding hydrogens is 214 g/mol. The summed E-state index contributed by atoms with van der Waals surface area (Å²) in [6, 6.07) is -0.454. The van der Waals surface area contributed by atoms with Gasteiger partial charge in [-0.1, -0.05) is 25.6 Å². The van der Waals surface area contributed by atoms with Crippen LogP contribution in [0.3, 0.4) is 0 Å². The Morgan fingerprint density at radius 2 is 2.00 bits per heavy atom. The molecule has 0 aliphatic heterocycles. The maximum Gasteiger partial charge on any atom is 0.231 e. The first-order valence-electron chi connectivity index (χ1n) is 4.61. The lowest BCUT2D eigenvalue weighted by atomic mass is 10.0. The Morgan fingerprint density at radius 3 is 2.33 bits per heavy atom. The molecule has 0 spiro atoms. The van der Waals surface area contributed by atoms with Crippen molar-refractivity contribution in [2.45, 2.75) is 26.8 Å². The zero-order valence-corrected chi connectivity index (χ0v) is 9.98. The number of thioether (sulfide) groups is 1. The number of Topliss-reactive ketones (excluding diaryl/α,β-unsaturated/α-hetero) is 1. The summed E-state index contributed by atoms with van der Waals surface area (Å²) >= 11 is 0.943. The van der Waals surface area contributed by atoms with Gasteiger partial charge in [0.15, 0.2) is 11.0 Å². The third-order valence-electron chi connectivity index (χ3n) is 1.78. The molecule has 0 aliphatic carbocycles. The molecule has 0 aromatic heterocycles. The van der Waals surface area contributed by atoms with E-state index < -0.39 is 6.04 Å². The number of nitrogens with two attached hydrogens (primary N) is 1. The van der Waals surface area contributed by atoms with Gasteiger partial charge in [0.05, 0.1) is 11.8 Å². The lowest BCUT2D eigenvalue weighted by Gasteiger charge is -2.19. The van der Waals surface area contributed by atoms with Gasteiger partial charge in [-0.05, 0) is 12.8 Å². The molecule has 0 aliphatic rings. The fourth-order valence-electron chi connectivity index (χ4n) is 1.10. The second-order valence-electron chi connectivity index (χ2n) is 3.55. The van der Waals surface area contributed by atoms with Gasteiger partial charge < -0.3 is 11.1 Å². The lowest BCUT2D eigenvalue weighted by Crippen LogP contribution is -2.44. The summed E-state index contributed by atoms with van der Waals surface area (Å²) in [6.07, 6.45) is 0. The molecule has 0 fully saturated rings. The van der Waals surface area contributed by atoms with E-state index in [0.29, 0.717) is 0 Å². The fourth-order valence-corrected chi connectivity index (χ4v) is 1.47. The molecule has 4 N–H and O–H groups in total. The summed E-state index contributed by atoms with van der Waals surface area (Å²) in [6.45, 7) is 5.18. The first-order chi connectivity index (χ1) is 6.84. The molecule has 0 rings (SSSR count). The number of carbonyl (C=O) groups excluding carboxylic acids is 2. The fraction of sp³-hybridized carbons (Fsp3) is 0.667. The molecule has 0 bridgehead atoms. The summed E-state index contributed by atoms with van der Waals surface area (Å²) in [5.74, 6) is -0.199. The first kappa shape index (κ1) is 14.0. The van der Waals surface area contributed by atoms with Crippen molar-refractivity contribution in [1.82, 2.24) is 5.32 Å². The van der Waals surface area contributed by atoms with Crippen LogP contribution in [0.1, 0.15) is 20.8 Å². The van der Waals surface area contributed by atoms with Crippen LogP contribution < -0.4 is 11.1 Å². The summed E-state index contributed by atoms with van der Waals surface area (Å²) in [4.78, 5) is 22.5. The van der Waals surface area contributed by atoms with Gasteiger partial charge in [0, 0.05) is 0 Å². The first-order valence-corrected chi connectivity index (χ1v) is 5.59. The standard InChI is InChI=1S/C9H17N3O2S/c1-5(2)8(6(3)13)12-7(14)4-15-9(10)11/h5,8H,4H2,1-3H3,(H3,10,11)(H,12,14). The number of hydrogen-bond donors (Lipinski definition) is 3. The molecule has 0 heterocycles. The minimum Gasteiger partial charge on any atom is -0.379 e. The maximum atomic E-state index is 11.3. The molecule has 0 radical (unpaired) electrons. The van der Waals surface area contributed by atoms with E-state index in [1.807, 2.05) is 13.8 Å². The van der Waals surface area contributed by atoms with E-state index in [-0.39, 0.29) is 28.5 Å². The Kier molecular flexibility index (Phi) is 6.00. The number of ketones is 1. The molecule has 1 unspecified atom stereocenters. The monoisotopic (exact) mass is 231 g/mol. The highest BCUT2D eigenvalue weighted by atomic mass is 32.2. The van der Waals surface area contributed by atoms with Crippen LogP contribution in [0.4, 0.5) is 0 Å².